The van der Waals surface area contributed by atoms with Gasteiger partial charge < -0.3 is 15.2 Å². The van der Waals surface area contributed by atoms with Crippen LogP contribution in [0.25, 0.3) is 0 Å². The van der Waals surface area contributed by atoms with Gasteiger partial charge >= 0.3 is 5.97 Å². The van der Waals surface area contributed by atoms with Crippen LogP contribution in [-0.4, -0.2) is 29.9 Å². The van der Waals surface area contributed by atoms with Crippen LogP contribution in [0.4, 0.5) is 5.69 Å². The lowest BCUT2D eigenvalue weighted by atomic mass is 10.0. The van der Waals surface area contributed by atoms with Crippen LogP contribution in [0.2, 0.25) is 0 Å². The maximum atomic E-state index is 12.4. The van der Waals surface area contributed by atoms with E-state index < -0.39 is 5.97 Å². The Hall–Kier alpha value is -3.15. The van der Waals surface area contributed by atoms with E-state index in [0.29, 0.717) is 29.0 Å². The minimum Gasteiger partial charge on any atom is -0.496 e. The number of carbonyl (C=O) groups excluding carboxylic acids is 2. The minimum absolute atomic E-state index is 0.0342. The summed E-state index contributed by atoms with van der Waals surface area (Å²) in [7, 11) is 1.51. The lowest BCUT2D eigenvalue weighted by Gasteiger charge is -2.11. The molecule has 0 aliphatic carbocycles. The van der Waals surface area contributed by atoms with Crippen molar-refractivity contribution in [3.05, 3.63) is 59.2 Å². The van der Waals surface area contributed by atoms with Gasteiger partial charge in [0.25, 0.3) is 0 Å². The zero-order valence-corrected chi connectivity index (χ0v) is 14.7. The summed E-state index contributed by atoms with van der Waals surface area (Å²) in [5, 5.41) is 11.6. The number of ketones is 1. The van der Waals surface area contributed by atoms with Crippen LogP contribution in [0.5, 0.6) is 5.75 Å². The van der Waals surface area contributed by atoms with Gasteiger partial charge in [0.1, 0.15) is 5.75 Å². The summed E-state index contributed by atoms with van der Waals surface area (Å²) in [4.78, 5) is 34.6. The number of aliphatic carboxylic acids is 1. The second-order valence-electron chi connectivity index (χ2n) is 5.90. The van der Waals surface area contributed by atoms with Crippen LogP contribution in [0.15, 0.2) is 42.5 Å². The number of carbonyl (C=O) groups is 3. The van der Waals surface area contributed by atoms with E-state index in [1.165, 1.54) is 14.0 Å². The molecular formula is C20H21NO5. The number of amides is 1. The van der Waals surface area contributed by atoms with Crippen molar-refractivity contribution >= 4 is 23.3 Å². The fraction of sp³-hybridized carbons (Fsp3) is 0.250. The molecule has 0 atom stereocenters. The molecule has 0 radical (unpaired) electrons. The first kappa shape index (κ1) is 19.2. The van der Waals surface area contributed by atoms with Gasteiger partial charge in [-0.25, -0.2) is 0 Å². The fourth-order valence-electron chi connectivity index (χ4n) is 2.57. The predicted molar refractivity (Wildman–Crippen MR) is 97.7 cm³/mol. The Balaban J connectivity index is 2.09. The number of nitrogens with one attached hydrogen (secondary N) is 1. The summed E-state index contributed by atoms with van der Waals surface area (Å²) >= 11 is 0. The summed E-state index contributed by atoms with van der Waals surface area (Å²) in [5.74, 6) is -0.655. The predicted octanol–water partition coefficient (Wildman–Crippen LogP) is 3.10. The monoisotopic (exact) mass is 355 g/mol. The number of rotatable bonds is 8. The Morgan fingerprint density at radius 3 is 2.54 bits per heavy atom. The third-order valence-corrected chi connectivity index (χ3v) is 3.88. The Morgan fingerprint density at radius 2 is 1.88 bits per heavy atom. The van der Waals surface area contributed by atoms with Gasteiger partial charge in [0.15, 0.2) is 5.78 Å². The highest BCUT2D eigenvalue weighted by molar-refractivity contribution is 5.96. The molecule has 0 aliphatic rings. The number of methoxy groups -OCH3 is 1. The lowest BCUT2D eigenvalue weighted by Crippen LogP contribution is -2.15. The SMILES string of the molecule is COc1ccc(C(C)=O)cc1CC(=O)Nc1cccc(CCC(=O)O)c1. The highest BCUT2D eigenvalue weighted by Crippen LogP contribution is 2.21. The molecule has 0 saturated carbocycles. The lowest BCUT2D eigenvalue weighted by molar-refractivity contribution is -0.137. The van der Waals surface area contributed by atoms with E-state index in [1.807, 2.05) is 6.07 Å². The van der Waals surface area contributed by atoms with E-state index in [-0.39, 0.29) is 24.5 Å². The van der Waals surface area contributed by atoms with Crippen molar-refractivity contribution in [3.63, 3.8) is 0 Å². The maximum Gasteiger partial charge on any atom is 0.303 e. The van der Waals surface area contributed by atoms with Crippen LogP contribution in [0, 0.1) is 0 Å². The highest BCUT2D eigenvalue weighted by atomic mass is 16.5. The third kappa shape index (κ3) is 5.44. The van der Waals surface area contributed by atoms with Crippen LogP contribution in [0.3, 0.4) is 0 Å². The molecule has 0 heterocycles. The molecule has 2 aromatic rings. The zero-order chi connectivity index (χ0) is 19.1. The van der Waals surface area contributed by atoms with Crippen molar-refractivity contribution in [1.82, 2.24) is 0 Å². The van der Waals surface area contributed by atoms with Gasteiger partial charge in [-0.15, -0.1) is 0 Å². The number of hydrogen-bond donors (Lipinski definition) is 2. The largest absolute Gasteiger partial charge is 0.496 e. The number of hydrogen-bond acceptors (Lipinski definition) is 4. The summed E-state index contributed by atoms with van der Waals surface area (Å²) in [5.41, 5.74) is 2.57. The molecule has 0 fully saturated rings. The van der Waals surface area contributed by atoms with Crippen molar-refractivity contribution in [2.24, 2.45) is 0 Å². The van der Waals surface area contributed by atoms with Crippen molar-refractivity contribution in [2.45, 2.75) is 26.2 Å². The van der Waals surface area contributed by atoms with E-state index in [2.05, 4.69) is 5.32 Å². The molecule has 1 amide bonds. The van der Waals surface area contributed by atoms with Gasteiger partial charge in [0.2, 0.25) is 5.91 Å². The fourth-order valence-corrected chi connectivity index (χ4v) is 2.57. The average Bonchev–Trinajstić information content (AvgIpc) is 2.60. The van der Waals surface area contributed by atoms with Gasteiger partial charge in [0.05, 0.1) is 13.5 Å². The smallest absolute Gasteiger partial charge is 0.303 e. The summed E-state index contributed by atoms with van der Waals surface area (Å²) in [6.45, 7) is 1.47. The van der Waals surface area contributed by atoms with Gasteiger partial charge in [-0.3, -0.25) is 14.4 Å². The van der Waals surface area contributed by atoms with E-state index in [4.69, 9.17) is 9.84 Å². The van der Waals surface area contributed by atoms with Crippen molar-refractivity contribution in [3.8, 4) is 5.75 Å². The second-order valence-corrected chi connectivity index (χ2v) is 5.90. The molecule has 26 heavy (non-hydrogen) atoms. The standard InChI is InChI=1S/C20H21NO5/c1-13(22)15-7-8-18(26-2)16(11-15)12-19(23)21-17-5-3-4-14(10-17)6-9-20(24)25/h3-5,7-8,10-11H,6,9,12H2,1-2H3,(H,21,23)(H,24,25). The van der Waals surface area contributed by atoms with Gasteiger partial charge in [-0.2, -0.15) is 0 Å². The Bertz CT molecular complexity index is 829. The van der Waals surface area contributed by atoms with Crippen molar-refractivity contribution in [2.75, 3.05) is 12.4 Å². The minimum atomic E-state index is -0.864. The summed E-state index contributed by atoms with van der Waals surface area (Å²) in [6, 6.07) is 12.1. The first-order valence-corrected chi connectivity index (χ1v) is 8.17. The molecule has 6 nitrogen and oxygen atoms in total. The number of ether oxygens (including phenoxy) is 1. The molecule has 0 bridgehead atoms. The van der Waals surface area contributed by atoms with Gasteiger partial charge in [-0.1, -0.05) is 12.1 Å². The molecular weight excluding hydrogens is 334 g/mol. The number of carboxylic acid groups (broad SMARTS) is 1. The van der Waals surface area contributed by atoms with E-state index >= 15 is 0 Å². The van der Waals surface area contributed by atoms with E-state index in [1.54, 1.807) is 36.4 Å². The van der Waals surface area contributed by atoms with Crippen LogP contribution < -0.4 is 10.1 Å². The molecule has 136 valence electrons. The van der Waals surface area contributed by atoms with Gasteiger partial charge in [0, 0.05) is 23.2 Å². The maximum absolute atomic E-state index is 12.4. The molecule has 0 aliphatic heterocycles. The number of carboxylic acids is 1. The van der Waals surface area contributed by atoms with E-state index in [0.717, 1.165) is 5.56 Å². The number of Topliss-reactive ketones (excluding diaryl/α,β-unsaturated/α-hetero) is 1. The quantitative estimate of drug-likeness (QED) is 0.710. The zero-order valence-electron chi connectivity index (χ0n) is 14.7. The van der Waals surface area contributed by atoms with Crippen molar-refractivity contribution in [1.29, 1.82) is 0 Å². The van der Waals surface area contributed by atoms with Crippen LogP contribution >= 0.6 is 0 Å². The highest BCUT2D eigenvalue weighted by Gasteiger charge is 2.12. The third-order valence-electron chi connectivity index (χ3n) is 3.88. The Kier molecular flexibility index (Phi) is 6.49. The van der Waals surface area contributed by atoms with Crippen LogP contribution in [-0.2, 0) is 22.4 Å². The summed E-state index contributed by atoms with van der Waals surface area (Å²) in [6.07, 6.45) is 0.490. The molecule has 0 aromatic heterocycles. The van der Waals surface area contributed by atoms with Crippen molar-refractivity contribution < 1.29 is 24.2 Å². The normalized spacial score (nSPS) is 10.2. The molecule has 2 N–H and O–H groups in total. The molecule has 2 rings (SSSR count). The topological polar surface area (TPSA) is 92.7 Å². The Labute approximate surface area is 151 Å². The van der Waals surface area contributed by atoms with Gasteiger partial charge in [-0.05, 0) is 49.2 Å². The molecule has 6 heteroatoms. The second kappa shape index (κ2) is 8.80. The average molecular weight is 355 g/mol. The molecule has 0 unspecified atom stereocenters. The molecule has 0 saturated heterocycles. The first-order chi connectivity index (χ1) is 12.4. The van der Waals surface area contributed by atoms with Crippen LogP contribution in [0.1, 0.15) is 34.8 Å². The van der Waals surface area contributed by atoms with E-state index in [9.17, 15) is 14.4 Å². The number of anilines is 1. The summed E-state index contributed by atoms with van der Waals surface area (Å²) < 4.78 is 5.26. The molecule has 0 spiro atoms. The number of aryl methyl sites for hydroxylation is 1. The molecule has 2 aromatic carbocycles. The number of benzene rings is 2. The Morgan fingerprint density at radius 1 is 1.12 bits per heavy atom. The first-order valence-electron chi connectivity index (χ1n) is 8.17.